The lowest BCUT2D eigenvalue weighted by Crippen LogP contribution is -2.15. The highest BCUT2D eigenvalue weighted by Gasteiger charge is 2.22. The summed E-state index contributed by atoms with van der Waals surface area (Å²) in [5, 5.41) is 0. The zero-order valence-electron chi connectivity index (χ0n) is 15.5. The van der Waals surface area contributed by atoms with Gasteiger partial charge in [0.15, 0.2) is 17.4 Å². The Morgan fingerprint density at radius 2 is 1.61 bits per heavy atom. The number of carbonyl (C=O) groups excluding carboxylic acids is 1. The van der Waals surface area contributed by atoms with Gasteiger partial charge in [0, 0.05) is 24.0 Å². The molecule has 10 heteroatoms. The molecule has 31 heavy (non-hydrogen) atoms. The van der Waals surface area contributed by atoms with Gasteiger partial charge in [0.25, 0.3) is 10.0 Å². The summed E-state index contributed by atoms with van der Waals surface area (Å²) < 4.78 is 68.9. The number of nitrogens with one attached hydrogen (secondary N) is 1. The van der Waals surface area contributed by atoms with E-state index in [1.54, 1.807) is 0 Å². The summed E-state index contributed by atoms with van der Waals surface area (Å²) >= 11 is 0. The number of benzene rings is 3. The van der Waals surface area contributed by atoms with Crippen LogP contribution in [0, 0.1) is 17.5 Å². The normalized spacial score (nSPS) is 11.5. The average Bonchev–Trinajstić information content (AvgIpc) is 2.75. The van der Waals surface area contributed by atoms with E-state index < -0.39 is 49.4 Å². The Kier molecular flexibility index (Phi) is 5.15. The van der Waals surface area contributed by atoms with Crippen LogP contribution < -0.4 is 4.72 Å². The first kappa shape index (κ1) is 20.5. The molecule has 0 fully saturated rings. The number of hydrogen-bond donors (Lipinski definition) is 1. The average molecular weight is 443 g/mol. The number of nitrogens with zero attached hydrogens (tertiary/aromatic N) is 2. The van der Waals surface area contributed by atoms with Gasteiger partial charge in [-0.3, -0.25) is 19.5 Å². The molecule has 0 unspecified atom stereocenters. The summed E-state index contributed by atoms with van der Waals surface area (Å²) in [7, 11) is -4.31. The van der Waals surface area contributed by atoms with Crippen molar-refractivity contribution in [1.29, 1.82) is 0 Å². The zero-order chi connectivity index (χ0) is 22.2. The molecular weight excluding hydrogens is 431 g/mol. The van der Waals surface area contributed by atoms with E-state index in [-0.39, 0.29) is 5.56 Å². The maximum absolute atomic E-state index is 14.4. The molecule has 3 aromatic carbocycles. The number of anilines is 1. The van der Waals surface area contributed by atoms with Crippen LogP contribution in [-0.4, -0.2) is 24.2 Å². The van der Waals surface area contributed by atoms with Crippen LogP contribution in [0.2, 0.25) is 0 Å². The SMILES string of the molecule is O=C(c1ccc2nccnc2c1)c1cc(NS(=O)(=O)c2cccc(F)c2)cc(F)c1F. The van der Waals surface area contributed by atoms with Crippen molar-refractivity contribution in [2.75, 3.05) is 4.72 Å². The molecule has 0 saturated carbocycles. The molecule has 0 aliphatic carbocycles. The molecule has 0 bridgehead atoms. The van der Waals surface area contributed by atoms with E-state index in [0.717, 1.165) is 24.3 Å². The van der Waals surface area contributed by atoms with Gasteiger partial charge in [-0.2, -0.15) is 0 Å². The van der Waals surface area contributed by atoms with Crippen molar-refractivity contribution in [2.45, 2.75) is 4.90 Å². The van der Waals surface area contributed by atoms with Crippen LogP contribution in [0.15, 0.2) is 71.9 Å². The third-order valence-corrected chi connectivity index (χ3v) is 5.74. The summed E-state index contributed by atoms with van der Waals surface area (Å²) in [6.45, 7) is 0. The number of ketones is 1. The third kappa shape index (κ3) is 4.10. The summed E-state index contributed by atoms with van der Waals surface area (Å²) in [6.07, 6.45) is 2.88. The highest BCUT2D eigenvalue weighted by atomic mass is 32.2. The van der Waals surface area contributed by atoms with Crippen molar-refractivity contribution in [3.05, 3.63) is 95.6 Å². The monoisotopic (exact) mass is 443 g/mol. The topological polar surface area (TPSA) is 89.0 Å². The lowest BCUT2D eigenvalue weighted by atomic mass is 10.0. The molecule has 0 spiro atoms. The molecule has 6 nitrogen and oxygen atoms in total. The predicted octanol–water partition coefficient (Wildman–Crippen LogP) is 4.08. The number of rotatable bonds is 5. The van der Waals surface area contributed by atoms with E-state index in [2.05, 4.69) is 9.97 Å². The molecule has 156 valence electrons. The van der Waals surface area contributed by atoms with Crippen LogP contribution in [0.3, 0.4) is 0 Å². The minimum absolute atomic E-state index is 0.0106. The van der Waals surface area contributed by atoms with Gasteiger partial charge in [0.2, 0.25) is 0 Å². The zero-order valence-corrected chi connectivity index (χ0v) is 16.3. The van der Waals surface area contributed by atoms with Crippen LogP contribution in [0.4, 0.5) is 18.9 Å². The smallest absolute Gasteiger partial charge is 0.261 e. The lowest BCUT2D eigenvalue weighted by Gasteiger charge is -2.11. The molecule has 1 N–H and O–H groups in total. The van der Waals surface area contributed by atoms with Gasteiger partial charge in [-0.05, 0) is 42.5 Å². The van der Waals surface area contributed by atoms with Gasteiger partial charge < -0.3 is 0 Å². The molecule has 0 amide bonds. The number of sulfonamides is 1. The number of halogens is 3. The quantitative estimate of drug-likeness (QED) is 0.470. The molecule has 0 saturated heterocycles. The van der Waals surface area contributed by atoms with Crippen molar-refractivity contribution >= 4 is 32.5 Å². The predicted molar refractivity (Wildman–Crippen MR) is 107 cm³/mol. The summed E-state index contributed by atoms with van der Waals surface area (Å²) in [6, 6.07) is 9.85. The molecular formula is C21H12F3N3O3S. The van der Waals surface area contributed by atoms with E-state index in [4.69, 9.17) is 0 Å². The van der Waals surface area contributed by atoms with Crippen LogP contribution >= 0.6 is 0 Å². The van der Waals surface area contributed by atoms with Crippen molar-refractivity contribution < 1.29 is 26.4 Å². The molecule has 0 radical (unpaired) electrons. The molecule has 4 rings (SSSR count). The van der Waals surface area contributed by atoms with Gasteiger partial charge in [-0.15, -0.1) is 0 Å². The molecule has 0 aliphatic heterocycles. The molecule has 4 aromatic rings. The summed E-state index contributed by atoms with van der Waals surface area (Å²) in [5.41, 5.74) is -0.191. The molecule has 1 heterocycles. The second-order valence-corrected chi connectivity index (χ2v) is 8.15. The second-order valence-electron chi connectivity index (χ2n) is 6.47. The van der Waals surface area contributed by atoms with Gasteiger partial charge >= 0.3 is 0 Å². The van der Waals surface area contributed by atoms with E-state index >= 15 is 0 Å². The van der Waals surface area contributed by atoms with E-state index in [1.807, 2.05) is 4.72 Å². The van der Waals surface area contributed by atoms with E-state index in [9.17, 15) is 26.4 Å². The molecule has 1 aromatic heterocycles. The lowest BCUT2D eigenvalue weighted by molar-refractivity contribution is 0.103. The second kappa shape index (κ2) is 7.80. The van der Waals surface area contributed by atoms with Gasteiger partial charge in [-0.1, -0.05) is 6.07 Å². The Balaban J connectivity index is 1.73. The Morgan fingerprint density at radius 1 is 0.871 bits per heavy atom. The number of fused-ring (bicyclic) bond motifs is 1. The van der Waals surface area contributed by atoms with Crippen LogP contribution in [-0.2, 0) is 10.0 Å². The Morgan fingerprint density at radius 3 is 2.35 bits per heavy atom. The largest absolute Gasteiger partial charge is 0.288 e. The Hall–Kier alpha value is -3.79. The summed E-state index contributed by atoms with van der Waals surface area (Å²) in [4.78, 5) is 20.5. The number of carbonyl (C=O) groups is 1. The molecule has 0 aliphatic rings. The standard InChI is InChI=1S/C21H12F3N3O3S/c22-13-2-1-3-15(9-13)31(29,30)27-14-10-16(20(24)17(23)11-14)21(28)12-4-5-18-19(8-12)26-7-6-25-18/h1-11,27H. The Bertz CT molecular complexity index is 1440. The van der Waals surface area contributed by atoms with Gasteiger partial charge in [0.1, 0.15) is 5.82 Å². The van der Waals surface area contributed by atoms with Crippen LogP contribution in [0.1, 0.15) is 15.9 Å². The first-order chi connectivity index (χ1) is 14.7. The fourth-order valence-corrected chi connectivity index (χ4v) is 3.99. The van der Waals surface area contributed by atoms with Crippen LogP contribution in [0.25, 0.3) is 11.0 Å². The first-order valence-corrected chi connectivity index (χ1v) is 10.3. The maximum Gasteiger partial charge on any atom is 0.261 e. The minimum atomic E-state index is -4.31. The Labute approximate surface area is 174 Å². The van der Waals surface area contributed by atoms with Gasteiger partial charge in [0.05, 0.1) is 27.2 Å². The molecule has 0 atom stereocenters. The van der Waals surface area contributed by atoms with Crippen molar-refractivity contribution in [3.8, 4) is 0 Å². The highest BCUT2D eigenvalue weighted by Crippen LogP contribution is 2.25. The minimum Gasteiger partial charge on any atom is -0.288 e. The number of hydrogen-bond acceptors (Lipinski definition) is 5. The van der Waals surface area contributed by atoms with Gasteiger partial charge in [-0.25, -0.2) is 21.6 Å². The van der Waals surface area contributed by atoms with Crippen LogP contribution in [0.5, 0.6) is 0 Å². The van der Waals surface area contributed by atoms with E-state index in [1.165, 1.54) is 36.7 Å². The number of aromatic nitrogens is 2. The van der Waals surface area contributed by atoms with Crippen molar-refractivity contribution in [1.82, 2.24) is 9.97 Å². The van der Waals surface area contributed by atoms with Crippen molar-refractivity contribution in [3.63, 3.8) is 0 Å². The fraction of sp³-hybridized carbons (Fsp3) is 0. The highest BCUT2D eigenvalue weighted by molar-refractivity contribution is 7.92. The van der Waals surface area contributed by atoms with Crippen molar-refractivity contribution in [2.24, 2.45) is 0 Å². The van der Waals surface area contributed by atoms with E-state index in [0.29, 0.717) is 17.1 Å². The summed E-state index contributed by atoms with van der Waals surface area (Å²) in [5.74, 6) is -4.53. The maximum atomic E-state index is 14.4. The third-order valence-electron chi connectivity index (χ3n) is 4.36. The fourth-order valence-electron chi connectivity index (χ4n) is 2.92. The first-order valence-electron chi connectivity index (χ1n) is 8.77.